The highest BCUT2D eigenvalue weighted by Crippen LogP contribution is 2.40. The van der Waals surface area contributed by atoms with Crippen LogP contribution in [-0.2, 0) is 19.1 Å². The quantitative estimate of drug-likeness (QED) is 0.303. The third kappa shape index (κ3) is 5.80. The Kier molecular flexibility index (Phi) is 9.12. The largest absolute Gasteiger partial charge is 0.464 e. The second kappa shape index (κ2) is 11.1. The fourth-order valence-corrected chi connectivity index (χ4v) is 4.70. The minimum Gasteiger partial charge on any atom is -0.464 e. The maximum absolute atomic E-state index is 12.7. The molecule has 6 nitrogen and oxygen atoms in total. The number of carbonyl (C=O) groups excluding carboxylic acids is 3. The first kappa shape index (κ1) is 23.8. The Bertz CT molecular complexity index is 578. The number of Topliss-reactive ketones (excluding diaryl/α,β-unsaturated/α-hetero) is 1. The van der Waals surface area contributed by atoms with Crippen LogP contribution in [0.15, 0.2) is 0 Å². The van der Waals surface area contributed by atoms with Crippen LogP contribution >= 0.6 is 0 Å². The summed E-state index contributed by atoms with van der Waals surface area (Å²) >= 11 is 0. The van der Waals surface area contributed by atoms with Gasteiger partial charge in [0.05, 0.1) is 18.8 Å². The molecule has 2 rings (SSSR count). The number of piperidine rings is 1. The van der Waals surface area contributed by atoms with Gasteiger partial charge in [-0.15, -0.1) is 0 Å². The number of aliphatic hydroxyl groups is 1. The first-order valence-electron chi connectivity index (χ1n) is 11.5. The second-order valence-electron chi connectivity index (χ2n) is 9.08. The van der Waals surface area contributed by atoms with Gasteiger partial charge in [-0.25, -0.2) is 4.79 Å². The number of carbonyl (C=O) groups is 3. The zero-order valence-corrected chi connectivity index (χ0v) is 18.6. The second-order valence-corrected chi connectivity index (χ2v) is 9.08. The fraction of sp³-hybridized carbons (Fsp3) is 0.870. The van der Waals surface area contributed by atoms with Crippen LogP contribution in [-0.4, -0.2) is 52.5 Å². The Morgan fingerprint density at radius 1 is 1.10 bits per heavy atom. The molecule has 0 aromatic carbocycles. The molecule has 1 amide bonds. The smallest absolute Gasteiger partial charge is 0.328 e. The lowest BCUT2D eigenvalue weighted by Gasteiger charge is -2.52. The SMILES string of the molecule is CCCC(O)CCC(C)COC(=O)C1CCCC2C(C(=O)C(C)CCC)C(=O)N12. The third-order valence-electron chi connectivity index (χ3n) is 6.49. The first-order chi connectivity index (χ1) is 13.8. The van der Waals surface area contributed by atoms with E-state index in [4.69, 9.17) is 4.74 Å². The number of aliphatic hydroxyl groups excluding tert-OH is 1. The van der Waals surface area contributed by atoms with Crippen LogP contribution in [0.2, 0.25) is 0 Å². The van der Waals surface area contributed by atoms with E-state index in [2.05, 4.69) is 0 Å². The van der Waals surface area contributed by atoms with Crippen LogP contribution in [0.3, 0.4) is 0 Å². The summed E-state index contributed by atoms with van der Waals surface area (Å²) in [6.45, 7) is 8.29. The van der Waals surface area contributed by atoms with E-state index in [0.717, 1.165) is 44.9 Å². The number of ketones is 1. The number of ether oxygens (including phenoxy) is 1. The maximum Gasteiger partial charge on any atom is 0.328 e. The Labute approximate surface area is 175 Å². The minimum absolute atomic E-state index is 0.0337. The Balaban J connectivity index is 1.84. The van der Waals surface area contributed by atoms with E-state index >= 15 is 0 Å². The zero-order valence-electron chi connectivity index (χ0n) is 18.6. The standard InChI is InChI=1S/C23H39NO5/c1-5-8-16(4)21(26)20-18-10-7-11-19(24(18)22(20)27)23(28)29-14-15(3)12-13-17(25)9-6-2/h15-20,25H,5-14H2,1-4H3. The molecule has 6 unspecified atom stereocenters. The molecule has 6 heteroatoms. The topological polar surface area (TPSA) is 83.9 Å². The van der Waals surface area contributed by atoms with E-state index in [1.165, 1.54) is 0 Å². The molecule has 0 bridgehead atoms. The van der Waals surface area contributed by atoms with Crippen molar-refractivity contribution in [2.75, 3.05) is 6.61 Å². The summed E-state index contributed by atoms with van der Waals surface area (Å²) in [5.41, 5.74) is 0. The molecule has 0 saturated carbocycles. The molecule has 2 fully saturated rings. The van der Waals surface area contributed by atoms with Gasteiger partial charge in [0.15, 0.2) is 0 Å². The number of nitrogens with zero attached hydrogens (tertiary/aromatic N) is 1. The van der Waals surface area contributed by atoms with Crippen molar-refractivity contribution in [3.63, 3.8) is 0 Å². The van der Waals surface area contributed by atoms with E-state index in [0.29, 0.717) is 19.4 Å². The number of amides is 1. The Hall–Kier alpha value is -1.43. The fourth-order valence-electron chi connectivity index (χ4n) is 4.70. The number of esters is 1. The van der Waals surface area contributed by atoms with Crippen molar-refractivity contribution in [1.82, 2.24) is 4.90 Å². The summed E-state index contributed by atoms with van der Waals surface area (Å²) in [5, 5.41) is 9.84. The average Bonchev–Trinajstić information content (AvgIpc) is 2.69. The highest BCUT2D eigenvalue weighted by atomic mass is 16.5. The van der Waals surface area contributed by atoms with Gasteiger partial charge in [0.1, 0.15) is 17.7 Å². The van der Waals surface area contributed by atoms with Gasteiger partial charge in [-0.05, 0) is 50.9 Å². The molecular formula is C23H39NO5. The van der Waals surface area contributed by atoms with Gasteiger partial charge in [0.25, 0.3) is 0 Å². The van der Waals surface area contributed by atoms with Crippen molar-refractivity contribution in [3.05, 3.63) is 0 Å². The molecule has 166 valence electrons. The molecule has 0 aromatic rings. The molecule has 0 radical (unpaired) electrons. The molecule has 0 spiro atoms. The molecule has 1 N–H and O–H groups in total. The number of fused-ring (bicyclic) bond motifs is 1. The Morgan fingerprint density at radius 2 is 1.79 bits per heavy atom. The summed E-state index contributed by atoms with van der Waals surface area (Å²) in [4.78, 5) is 39.6. The van der Waals surface area contributed by atoms with Crippen LogP contribution in [0.4, 0.5) is 0 Å². The minimum atomic E-state index is -0.564. The normalized spacial score (nSPS) is 26.9. The summed E-state index contributed by atoms with van der Waals surface area (Å²) in [6, 6.07) is -0.688. The monoisotopic (exact) mass is 409 g/mol. The lowest BCUT2D eigenvalue weighted by Crippen LogP contribution is -2.70. The van der Waals surface area contributed by atoms with Crippen molar-refractivity contribution >= 4 is 17.7 Å². The highest BCUT2D eigenvalue weighted by Gasteiger charge is 2.57. The number of rotatable bonds is 12. The summed E-state index contributed by atoms with van der Waals surface area (Å²) in [5.74, 6) is -1.01. The molecule has 0 aliphatic carbocycles. The van der Waals surface area contributed by atoms with Gasteiger partial charge in [-0.1, -0.05) is 40.5 Å². The lowest BCUT2D eigenvalue weighted by atomic mass is 9.73. The summed E-state index contributed by atoms with van der Waals surface area (Å²) < 4.78 is 5.52. The molecule has 0 aromatic heterocycles. The molecule has 2 heterocycles. The molecule has 29 heavy (non-hydrogen) atoms. The molecule has 2 aliphatic rings. The van der Waals surface area contributed by atoms with Crippen LogP contribution in [0.1, 0.15) is 85.5 Å². The predicted molar refractivity (Wildman–Crippen MR) is 111 cm³/mol. The van der Waals surface area contributed by atoms with E-state index in [1.54, 1.807) is 4.90 Å². The van der Waals surface area contributed by atoms with E-state index in [9.17, 15) is 19.5 Å². The predicted octanol–water partition coefficient (Wildman–Crippen LogP) is 3.49. The maximum atomic E-state index is 12.7. The van der Waals surface area contributed by atoms with Gasteiger partial charge >= 0.3 is 5.97 Å². The van der Waals surface area contributed by atoms with Crippen LogP contribution in [0, 0.1) is 17.8 Å². The van der Waals surface area contributed by atoms with Gasteiger partial charge in [0.2, 0.25) is 5.91 Å². The van der Waals surface area contributed by atoms with Crippen molar-refractivity contribution in [1.29, 1.82) is 0 Å². The number of hydrogen-bond acceptors (Lipinski definition) is 5. The average molecular weight is 410 g/mol. The summed E-state index contributed by atoms with van der Waals surface area (Å²) in [7, 11) is 0. The van der Waals surface area contributed by atoms with E-state index < -0.39 is 12.0 Å². The van der Waals surface area contributed by atoms with Crippen LogP contribution in [0.25, 0.3) is 0 Å². The molecule has 2 aliphatic heterocycles. The summed E-state index contributed by atoms with van der Waals surface area (Å²) in [6.07, 6.45) is 6.92. The van der Waals surface area contributed by atoms with Gasteiger partial charge in [0, 0.05) is 5.92 Å². The van der Waals surface area contributed by atoms with Crippen molar-refractivity contribution < 1.29 is 24.2 Å². The third-order valence-corrected chi connectivity index (χ3v) is 6.49. The highest BCUT2D eigenvalue weighted by molar-refractivity contribution is 6.08. The molecule has 6 atom stereocenters. The number of β-lactam (4-membered cyclic amide) rings is 1. The van der Waals surface area contributed by atoms with Crippen molar-refractivity contribution in [3.8, 4) is 0 Å². The van der Waals surface area contributed by atoms with E-state index in [-0.39, 0.29) is 41.6 Å². The van der Waals surface area contributed by atoms with Crippen LogP contribution < -0.4 is 0 Å². The molecular weight excluding hydrogens is 370 g/mol. The molecule has 2 saturated heterocycles. The van der Waals surface area contributed by atoms with Gasteiger partial charge in [-0.3, -0.25) is 9.59 Å². The van der Waals surface area contributed by atoms with Crippen molar-refractivity contribution in [2.45, 2.75) is 104 Å². The van der Waals surface area contributed by atoms with Crippen LogP contribution in [0.5, 0.6) is 0 Å². The van der Waals surface area contributed by atoms with Gasteiger partial charge < -0.3 is 14.7 Å². The lowest BCUT2D eigenvalue weighted by molar-refractivity contribution is -0.180. The van der Waals surface area contributed by atoms with Gasteiger partial charge in [-0.2, -0.15) is 0 Å². The Morgan fingerprint density at radius 3 is 2.45 bits per heavy atom. The number of hydrogen-bond donors (Lipinski definition) is 1. The van der Waals surface area contributed by atoms with Crippen molar-refractivity contribution in [2.24, 2.45) is 17.8 Å². The zero-order chi connectivity index (χ0) is 21.6. The first-order valence-corrected chi connectivity index (χ1v) is 11.5. The van der Waals surface area contributed by atoms with E-state index in [1.807, 2.05) is 27.7 Å².